The molecule has 9 atom stereocenters. The highest BCUT2D eigenvalue weighted by molar-refractivity contribution is 5.95. The first kappa shape index (κ1) is 27.9. The van der Waals surface area contributed by atoms with Gasteiger partial charge in [0.15, 0.2) is 5.78 Å². The number of nitrogens with zero attached hydrogens (tertiary/aromatic N) is 1. The van der Waals surface area contributed by atoms with Gasteiger partial charge >= 0.3 is 0 Å². The van der Waals surface area contributed by atoms with E-state index in [0.29, 0.717) is 18.1 Å². The molecule has 210 valence electrons. The zero-order valence-electron chi connectivity index (χ0n) is 25.1. The summed E-state index contributed by atoms with van der Waals surface area (Å²) in [7, 11) is 1.45. The number of allylic oxidation sites excluding steroid dienone is 2. The van der Waals surface area contributed by atoms with Crippen molar-refractivity contribution in [2.24, 2.45) is 56.0 Å². The second-order valence-electron chi connectivity index (χ2n) is 15.6. The molecule has 0 spiro atoms. The van der Waals surface area contributed by atoms with E-state index in [9.17, 15) is 9.59 Å². The van der Waals surface area contributed by atoms with Crippen LogP contribution in [0.25, 0.3) is 0 Å². The number of rotatable bonds is 2. The molecule has 0 aromatic carbocycles. The van der Waals surface area contributed by atoms with Crippen LogP contribution in [0.2, 0.25) is 0 Å². The van der Waals surface area contributed by atoms with E-state index in [1.807, 2.05) is 6.92 Å². The van der Waals surface area contributed by atoms with Crippen LogP contribution in [0.15, 0.2) is 11.6 Å². The number of nitrogens with two attached hydrogens (primary N) is 1. The summed E-state index contributed by atoms with van der Waals surface area (Å²) in [5, 5.41) is 1.06. The molecule has 38 heavy (non-hydrogen) atoms. The lowest BCUT2D eigenvalue weighted by Crippen LogP contribution is -2.67. The van der Waals surface area contributed by atoms with Gasteiger partial charge in [-0.05, 0) is 103 Å². The van der Waals surface area contributed by atoms with Crippen molar-refractivity contribution in [2.75, 3.05) is 7.11 Å². The number of ketones is 1. The van der Waals surface area contributed by atoms with Gasteiger partial charge in [-0.3, -0.25) is 14.4 Å². The number of hydrogen-bond donors (Lipinski definition) is 1. The van der Waals surface area contributed by atoms with Crippen LogP contribution >= 0.6 is 0 Å². The maximum atomic E-state index is 14.4. The van der Waals surface area contributed by atoms with Crippen LogP contribution in [-0.4, -0.2) is 29.9 Å². The van der Waals surface area contributed by atoms with Crippen molar-refractivity contribution in [2.45, 2.75) is 112 Å². The minimum absolute atomic E-state index is 0.0145. The highest BCUT2D eigenvalue weighted by Gasteiger charge is 2.70. The standard InChI is InChI=1S/C33H50N2O3/c1-10-35(38-9)27(37)30(5)16-15-29(4)17-18-32(7)21(22(29)20-30)19-23(36)26-31(6)13-12-25(34)28(2,3)24(31)11-14-33(26,32)8/h1,19,22,24-26H,11-18,20,34H2,2-9H3/t22-,24?,25-,26+,29+,30-,31-,32+,33+/m0/s1. The van der Waals surface area contributed by atoms with Crippen LogP contribution in [0.4, 0.5) is 0 Å². The smallest absolute Gasteiger partial charge is 0.264 e. The van der Waals surface area contributed by atoms with Crippen molar-refractivity contribution in [3.63, 3.8) is 0 Å². The molecule has 5 rings (SSSR count). The summed E-state index contributed by atoms with van der Waals surface area (Å²) in [6, 6.07) is 2.58. The van der Waals surface area contributed by atoms with Crippen molar-refractivity contribution in [3.8, 4) is 12.5 Å². The summed E-state index contributed by atoms with van der Waals surface area (Å²) in [4.78, 5) is 33.2. The Hall–Kier alpha value is -1.64. The zero-order chi connectivity index (χ0) is 28.1. The van der Waals surface area contributed by atoms with Gasteiger partial charge < -0.3 is 5.73 Å². The first-order valence-electron chi connectivity index (χ1n) is 14.9. The van der Waals surface area contributed by atoms with Gasteiger partial charge in [0.2, 0.25) is 0 Å². The van der Waals surface area contributed by atoms with E-state index in [-0.39, 0.29) is 50.9 Å². The number of terminal acetylenes is 1. The van der Waals surface area contributed by atoms with Gasteiger partial charge in [-0.15, -0.1) is 5.06 Å². The van der Waals surface area contributed by atoms with E-state index < -0.39 is 5.41 Å². The van der Waals surface area contributed by atoms with Crippen molar-refractivity contribution in [1.82, 2.24) is 5.06 Å². The van der Waals surface area contributed by atoms with E-state index >= 15 is 0 Å². The van der Waals surface area contributed by atoms with Gasteiger partial charge in [-0.25, -0.2) is 0 Å². The van der Waals surface area contributed by atoms with Crippen LogP contribution in [0.1, 0.15) is 106 Å². The normalized spacial score (nSPS) is 49.4. The molecule has 0 bridgehead atoms. The van der Waals surface area contributed by atoms with Crippen LogP contribution in [0, 0.1) is 62.7 Å². The Kier molecular flexibility index (Phi) is 6.19. The Morgan fingerprint density at radius 3 is 2.32 bits per heavy atom. The minimum atomic E-state index is -0.611. The number of hydroxylamine groups is 2. The van der Waals surface area contributed by atoms with Gasteiger partial charge in [0.05, 0.1) is 12.5 Å². The highest BCUT2D eigenvalue weighted by Crippen LogP contribution is 2.75. The first-order valence-corrected chi connectivity index (χ1v) is 14.9. The molecule has 0 aromatic heterocycles. The van der Waals surface area contributed by atoms with Gasteiger partial charge in [-0.1, -0.05) is 60.5 Å². The molecule has 4 saturated carbocycles. The minimum Gasteiger partial charge on any atom is -0.327 e. The van der Waals surface area contributed by atoms with Crippen LogP contribution in [0.5, 0.6) is 0 Å². The second kappa shape index (κ2) is 8.43. The van der Waals surface area contributed by atoms with Crippen molar-refractivity contribution in [1.29, 1.82) is 0 Å². The number of hydrogen-bond acceptors (Lipinski definition) is 4. The Bertz CT molecular complexity index is 1120. The zero-order valence-corrected chi connectivity index (χ0v) is 25.1. The molecular formula is C33H50N2O3. The van der Waals surface area contributed by atoms with Crippen molar-refractivity contribution >= 4 is 11.7 Å². The Morgan fingerprint density at radius 2 is 1.68 bits per heavy atom. The third-order valence-electron chi connectivity index (χ3n) is 13.7. The lowest BCUT2D eigenvalue weighted by Gasteiger charge is -2.70. The predicted molar refractivity (Wildman–Crippen MR) is 150 cm³/mol. The van der Waals surface area contributed by atoms with E-state index in [1.54, 1.807) is 0 Å². The molecule has 4 fully saturated rings. The van der Waals surface area contributed by atoms with Crippen molar-refractivity contribution < 1.29 is 14.4 Å². The number of fused-ring (bicyclic) bond motifs is 7. The second-order valence-corrected chi connectivity index (χ2v) is 15.6. The van der Waals surface area contributed by atoms with Gasteiger partial charge in [-0.2, -0.15) is 0 Å². The van der Waals surface area contributed by atoms with E-state index in [0.717, 1.165) is 56.4 Å². The molecule has 2 N–H and O–H groups in total. The molecule has 5 aliphatic carbocycles. The van der Waals surface area contributed by atoms with E-state index in [1.165, 1.54) is 12.7 Å². The van der Waals surface area contributed by atoms with E-state index in [4.69, 9.17) is 17.0 Å². The number of amides is 1. The van der Waals surface area contributed by atoms with Gasteiger partial charge in [0.1, 0.15) is 0 Å². The quantitative estimate of drug-likeness (QED) is 0.263. The lowest BCUT2D eigenvalue weighted by molar-refractivity contribution is -0.189. The third kappa shape index (κ3) is 3.38. The molecule has 0 aromatic rings. The van der Waals surface area contributed by atoms with Crippen molar-refractivity contribution in [3.05, 3.63) is 11.6 Å². The molecule has 5 aliphatic rings. The Morgan fingerprint density at radius 1 is 1.03 bits per heavy atom. The molecule has 1 unspecified atom stereocenters. The fourth-order valence-electron chi connectivity index (χ4n) is 10.8. The maximum Gasteiger partial charge on any atom is 0.264 e. The summed E-state index contributed by atoms with van der Waals surface area (Å²) in [6.07, 6.45) is 16.6. The van der Waals surface area contributed by atoms with E-state index in [2.05, 4.69) is 53.7 Å². The van der Waals surface area contributed by atoms with Crippen LogP contribution in [0.3, 0.4) is 0 Å². The average molecular weight is 523 g/mol. The molecule has 0 heterocycles. The van der Waals surface area contributed by atoms with Crippen LogP contribution in [-0.2, 0) is 14.4 Å². The monoisotopic (exact) mass is 522 g/mol. The average Bonchev–Trinajstić information content (AvgIpc) is 2.85. The molecule has 0 saturated heterocycles. The summed E-state index contributed by atoms with van der Waals surface area (Å²) in [6.45, 7) is 16.4. The fourth-order valence-corrected chi connectivity index (χ4v) is 10.8. The fraction of sp³-hybridized carbons (Fsp3) is 0.818. The van der Waals surface area contributed by atoms with Gasteiger partial charge in [0, 0.05) is 18.0 Å². The summed E-state index contributed by atoms with van der Waals surface area (Å²) in [5.74, 6) is 0.831. The lowest BCUT2D eigenvalue weighted by atomic mass is 9.33. The molecule has 0 aliphatic heterocycles. The topological polar surface area (TPSA) is 72.6 Å². The summed E-state index contributed by atoms with van der Waals surface area (Å²) in [5.41, 5.74) is 7.28. The number of carbonyl (C=O) groups is 2. The predicted octanol–water partition coefficient (Wildman–Crippen LogP) is 6.28. The number of carbonyl (C=O) groups excluding carboxylic acids is 2. The third-order valence-corrected chi connectivity index (χ3v) is 13.7. The first-order chi connectivity index (χ1) is 17.5. The molecule has 0 radical (unpaired) electrons. The Balaban J connectivity index is 1.58. The largest absolute Gasteiger partial charge is 0.327 e. The molecule has 1 amide bonds. The molecule has 5 nitrogen and oxygen atoms in total. The SMILES string of the molecule is C#CN(OC)C(=O)[C@@]1(C)CC[C@]2(C)CC[C@]3(C)C(=CC(=O)[C@@H]4[C@@]5(C)CC[C@H](N)C(C)(C)C5CC[C@]43C)[C@@H]2C1. The summed E-state index contributed by atoms with van der Waals surface area (Å²) >= 11 is 0. The highest BCUT2D eigenvalue weighted by atomic mass is 16.7. The van der Waals surface area contributed by atoms with Crippen LogP contribution < -0.4 is 5.73 Å². The Labute approximate surface area is 230 Å². The molecule has 5 heteroatoms. The maximum absolute atomic E-state index is 14.4. The van der Waals surface area contributed by atoms with Gasteiger partial charge in [0.25, 0.3) is 5.91 Å². The summed E-state index contributed by atoms with van der Waals surface area (Å²) < 4.78 is 0. The molecular weight excluding hydrogens is 472 g/mol.